The van der Waals surface area contributed by atoms with E-state index in [1.165, 1.54) is 23.5 Å². The molecule has 7 heteroatoms. The molecule has 3 rings (SSSR count). The van der Waals surface area contributed by atoms with E-state index in [-0.39, 0.29) is 11.5 Å². The molecular weight excluding hydrogens is 347 g/mol. The molecule has 0 N–H and O–H groups in total. The summed E-state index contributed by atoms with van der Waals surface area (Å²) in [7, 11) is 0. The van der Waals surface area contributed by atoms with E-state index in [0.29, 0.717) is 17.2 Å². The second-order valence-electron chi connectivity index (χ2n) is 4.90. The van der Waals surface area contributed by atoms with E-state index in [9.17, 15) is 22.0 Å². The third-order valence-electron chi connectivity index (χ3n) is 3.26. The molecule has 0 amide bonds. The van der Waals surface area contributed by atoms with E-state index in [1.807, 2.05) is 0 Å². The van der Waals surface area contributed by atoms with Crippen molar-refractivity contribution in [1.82, 2.24) is 0 Å². The molecule has 0 aliphatic carbocycles. The zero-order valence-electron chi connectivity index (χ0n) is 11.9. The predicted octanol–water partition coefficient (Wildman–Crippen LogP) is 6.50. The number of hydrogen-bond acceptors (Lipinski definition) is 2. The molecule has 0 aliphatic heterocycles. The molecular formula is C17H9F5OS. The monoisotopic (exact) mass is 356 g/mol. The van der Waals surface area contributed by atoms with E-state index in [1.54, 1.807) is 10.8 Å². The van der Waals surface area contributed by atoms with Gasteiger partial charge in [0, 0.05) is 22.4 Å². The Labute approximate surface area is 137 Å². The van der Waals surface area contributed by atoms with Gasteiger partial charge >= 0.3 is 6.18 Å². The minimum absolute atomic E-state index is 0.164. The van der Waals surface area contributed by atoms with Crippen LogP contribution in [0.5, 0.6) is 11.5 Å². The fourth-order valence-electron chi connectivity index (χ4n) is 2.09. The summed E-state index contributed by atoms with van der Waals surface area (Å²) in [6.07, 6.45) is -4.41. The smallest absolute Gasteiger partial charge is 0.416 e. The van der Waals surface area contributed by atoms with Crippen LogP contribution in [0.15, 0.2) is 53.2 Å². The van der Waals surface area contributed by atoms with Crippen LogP contribution in [0.4, 0.5) is 22.0 Å². The number of halogens is 5. The first-order valence-corrected chi connectivity index (χ1v) is 7.65. The highest BCUT2D eigenvalue weighted by molar-refractivity contribution is 7.08. The average molecular weight is 356 g/mol. The van der Waals surface area contributed by atoms with Crippen LogP contribution in [0.25, 0.3) is 11.1 Å². The summed E-state index contributed by atoms with van der Waals surface area (Å²) in [4.78, 5) is 0. The van der Waals surface area contributed by atoms with Gasteiger partial charge in [-0.05, 0) is 29.8 Å². The molecule has 3 aromatic rings. The van der Waals surface area contributed by atoms with Gasteiger partial charge in [0.05, 0.1) is 5.56 Å². The number of hydrogen-bond donors (Lipinski definition) is 0. The van der Waals surface area contributed by atoms with E-state index in [2.05, 4.69) is 0 Å². The van der Waals surface area contributed by atoms with Gasteiger partial charge in [0.2, 0.25) is 0 Å². The van der Waals surface area contributed by atoms with Crippen LogP contribution in [-0.4, -0.2) is 0 Å². The van der Waals surface area contributed by atoms with Gasteiger partial charge in [-0.25, -0.2) is 8.78 Å². The van der Waals surface area contributed by atoms with Crippen LogP contribution in [0.1, 0.15) is 5.56 Å². The Morgan fingerprint density at radius 2 is 1.54 bits per heavy atom. The zero-order chi connectivity index (χ0) is 17.3. The summed E-state index contributed by atoms with van der Waals surface area (Å²) in [6.45, 7) is 0. The number of benzene rings is 2. The summed E-state index contributed by atoms with van der Waals surface area (Å²) >= 11 is 1.26. The third-order valence-corrected chi connectivity index (χ3v) is 3.99. The highest BCUT2D eigenvalue weighted by atomic mass is 32.1. The van der Waals surface area contributed by atoms with Crippen molar-refractivity contribution in [2.45, 2.75) is 6.18 Å². The third kappa shape index (κ3) is 3.41. The largest absolute Gasteiger partial charge is 0.453 e. The van der Waals surface area contributed by atoms with Gasteiger partial charge in [-0.2, -0.15) is 13.2 Å². The van der Waals surface area contributed by atoms with Crippen LogP contribution in [0.3, 0.4) is 0 Å². The maximum atomic E-state index is 13.7. The molecule has 0 saturated carbocycles. The standard InChI is InChI=1S/C17H9F5OS/c18-12-5-6-15(14(19)7-12)23-16-9-24-8-13(16)10-1-3-11(4-2-10)17(20,21)22/h1-9H. The van der Waals surface area contributed by atoms with E-state index < -0.39 is 23.4 Å². The molecule has 0 radical (unpaired) electrons. The summed E-state index contributed by atoms with van der Waals surface area (Å²) in [5, 5.41) is 3.27. The van der Waals surface area contributed by atoms with Gasteiger partial charge in [-0.1, -0.05) is 12.1 Å². The lowest BCUT2D eigenvalue weighted by molar-refractivity contribution is -0.137. The van der Waals surface area contributed by atoms with Gasteiger partial charge in [0.1, 0.15) is 11.6 Å². The van der Waals surface area contributed by atoms with Gasteiger partial charge in [-0.3, -0.25) is 0 Å². The number of alkyl halides is 3. The van der Waals surface area contributed by atoms with Crippen LogP contribution in [-0.2, 0) is 6.18 Å². The van der Waals surface area contributed by atoms with Crippen molar-refractivity contribution in [2.24, 2.45) is 0 Å². The Balaban J connectivity index is 1.90. The van der Waals surface area contributed by atoms with Crippen molar-refractivity contribution in [3.63, 3.8) is 0 Å². The molecule has 0 atom stereocenters. The predicted molar refractivity (Wildman–Crippen MR) is 81.2 cm³/mol. The molecule has 1 heterocycles. The Morgan fingerprint density at radius 1 is 0.833 bits per heavy atom. The topological polar surface area (TPSA) is 9.23 Å². The van der Waals surface area contributed by atoms with Crippen molar-refractivity contribution < 1.29 is 26.7 Å². The van der Waals surface area contributed by atoms with Crippen LogP contribution in [0.2, 0.25) is 0 Å². The second kappa shape index (κ2) is 6.24. The van der Waals surface area contributed by atoms with Crippen molar-refractivity contribution in [3.05, 3.63) is 70.4 Å². The number of ether oxygens (including phenoxy) is 1. The summed E-state index contributed by atoms with van der Waals surface area (Å²) in [6, 6.07) is 7.48. The number of thiophene rings is 1. The van der Waals surface area contributed by atoms with Gasteiger partial charge < -0.3 is 4.74 Å². The molecule has 0 bridgehead atoms. The lowest BCUT2D eigenvalue weighted by Gasteiger charge is -2.10. The zero-order valence-corrected chi connectivity index (χ0v) is 12.7. The first-order valence-electron chi connectivity index (χ1n) is 6.71. The van der Waals surface area contributed by atoms with E-state index >= 15 is 0 Å². The molecule has 1 aromatic heterocycles. The molecule has 0 fully saturated rings. The van der Waals surface area contributed by atoms with Gasteiger partial charge in [-0.15, -0.1) is 11.3 Å². The van der Waals surface area contributed by atoms with Crippen LogP contribution >= 0.6 is 11.3 Å². The normalized spacial score (nSPS) is 11.5. The minimum atomic E-state index is -4.41. The maximum absolute atomic E-state index is 13.7. The Kier molecular flexibility index (Phi) is 4.28. The molecule has 2 aromatic carbocycles. The molecule has 24 heavy (non-hydrogen) atoms. The molecule has 0 spiro atoms. The fraction of sp³-hybridized carbons (Fsp3) is 0.0588. The Bertz CT molecular complexity index is 852. The lowest BCUT2D eigenvalue weighted by Crippen LogP contribution is -2.03. The quantitative estimate of drug-likeness (QED) is 0.487. The van der Waals surface area contributed by atoms with Crippen molar-refractivity contribution >= 4 is 11.3 Å². The van der Waals surface area contributed by atoms with Crippen LogP contribution in [0, 0.1) is 11.6 Å². The first kappa shape index (κ1) is 16.4. The first-order chi connectivity index (χ1) is 11.3. The van der Waals surface area contributed by atoms with E-state index in [0.717, 1.165) is 24.3 Å². The molecule has 0 saturated heterocycles. The summed E-state index contributed by atoms with van der Waals surface area (Å²) in [5.74, 6) is -1.47. The van der Waals surface area contributed by atoms with E-state index in [4.69, 9.17) is 4.74 Å². The highest BCUT2D eigenvalue weighted by Gasteiger charge is 2.30. The average Bonchev–Trinajstić information content (AvgIpc) is 2.97. The Hall–Kier alpha value is -2.41. The SMILES string of the molecule is Fc1ccc(Oc2cscc2-c2ccc(C(F)(F)F)cc2)c(F)c1. The van der Waals surface area contributed by atoms with Crippen molar-refractivity contribution in [2.75, 3.05) is 0 Å². The molecule has 0 unspecified atom stereocenters. The summed E-state index contributed by atoms with van der Waals surface area (Å²) < 4.78 is 69.9. The maximum Gasteiger partial charge on any atom is 0.416 e. The van der Waals surface area contributed by atoms with Crippen molar-refractivity contribution in [3.8, 4) is 22.6 Å². The summed E-state index contributed by atoms with van der Waals surface area (Å²) in [5.41, 5.74) is 0.271. The van der Waals surface area contributed by atoms with Gasteiger partial charge in [0.15, 0.2) is 11.6 Å². The van der Waals surface area contributed by atoms with Crippen LogP contribution < -0.4 is 4.74 Å². The fourth-order valence-corrected chi connectivity index (χ4v) is 2.85. The Morgan fingerprint density at radius 3 is 2.17 bits per heavy atom. The number of rotatable bonds is 3. The minimum Gasteiger partial charge on any atom is -0.453 e. The highest BCUT2D eigenvalue weighted by Crippen LogP contribution is 2.38. The molecule has 1 nitrogen and oxygen atoms in total. The second-order valence-corrected chi connectivity index (χ2v) is 5.65. The molecule has 124 valence electrons. The van der Waals surface area contributed by atoms with Gasteiger partial charge in [0.25, 0.3) is 0 Å². The lowest BCUT2D eigenvalue weighted by atomic mass is 10.1. The van der Waals surface area contributed by atoms with Crippen molar-refractivity contribution in [1.29, 1.82) is 0 Å². The molecule has 0 aliphatic rings.